The molecule has 0 saturated heterocycles. The molecule has 0 spiro atoms. The Labute approximate surface area is 645 Å². The first-order valence-corrected chi connectivity index (χ1v) is 42.3. The Kier molecular flexibility index (Phi) is 35.1. The fourth-order valence-corrected chi connectivity index (χ4v) is 20.0. The van der Waals surface area contributed by atoms with E-state index in [0.29, 0.717) is 35.8 Å². The molecule has 20 heteroatoms. The van der Waals surface area contributed by atoms with E-state index >= 15 is 0 Å². The van der Waals surface area contributed by atoms with Crippen molar-refractivity contribution >= 4 is 23.9 Å². The van der Waals surface area contributed by atoms with Gasteiger partial charge in [0.25, 0.3) is 0 Å². The van der Waals surface area contributed by atoms with Gasteiger partial charge in [-0.3, -0.25) is 19.2 Å². The van der Waals surface area contributed by atoms with E-state index in [1.165, 1.54) is 167 Å². The molecule has 0 bridgehead atoms. The van der Waals surface area contributed by atoms with Crippen LogP contribution < -0.4 is 18.9 Å². The standard InChI is InChI=1S/C24H33F3O2.C23H31F3O2.C22H29F3O2.C21H27F3O2/c1-2-3-4-5-16-6-8-17(9-7-16)18-10-12-19(13-11-18)24(28)29-20-14-21(25)23(27)22(26)15-20;1-2-3-4-15-5-7-16(8-6-15)17-9-11-18(12-10-17)23(27)28-19-13-20(24)22(26)21(25)14-19;1-2-3-14-4-6-15(7-5-14)16-8-10-17(11-9-16)22(26)27-18-12-19(23)21(25)20(24)13-18;1-2-13-3-5-14(6-4-13)15-7-9-16(10-8-15)21(25)26-17-11-18(22)20(24)19(23)12-17/h14-19H,2-13H2,1H3;13-18H,2-12H2,1H3;12-17H,2-11H2,1H3;11-16H,2-10H2,1H3. The number of hydrogen-bond acceptors (Lipinski definition) is 8. The molecule has 0 aromatic heterocycles. The highest BCUT2D eigenvalue weighted by molar-refractivity contribution is 5.77. The van der Waals surface area contributed by atoms with Gasteiger partial charge in [0.2, 0.25) is 0 Å². The molecule has 612 valence electrons. The summed E-state index contributed by atoms with van der Waals surface area (Å²) in [7, 11) is 0. The number of carbonyl (C=O) groups is 4. The lowest BCUT2D eigenvalue weighted by molar-refractivity contribution is -0.141. The number of unbranched alkanes of at least 4 members (excludes halogenated alkanes) is 3. The number of hydrogen-bond donors (Lipinski definition) is 0. The summed E-state index contributed by atoms with van der Waals surface area (Å²) >= 11 is 0. The average molecular weight is 1560 g/mol. The van der Waals surface area contributed by atoms with Gasteiger partial charge in [-0.1, -0.05) is 143 Å². The Morgan fingerprint density at radius 3 is 0.636 bits per heavy atom. The Bertz CT molecular complexity index is 3430. The molecule has 4 aromatic carbocycles. The van der Waals surface area contributed by atoms with Crippen LogP contribution in [0.5, 0.6) is 23.0 Å². The molecule has 4 aromatic rings. The fourth-order valence-electron chi connectivity index (χ4n) is 20.0. The molecule has 8 aliphatic rings. The van der Waals surface area contributed by atoms with E-state index in [0.717, 1.165) is 186 Å². The average Bonchev–Trinajstić information content (AvgIpc) is 0.844. The van der Waals surface area contributed by atoms with Gasteiger partial charge in [0.1, 0.15) is 23.0 Å². The van der Waals surface area contributed by atoms with Gasteiger partial charge < -0.3 is 18.9 Å². The summed E-state index contributed by atoms with van der Waals surface area (Å²) in [6, 6.07) is 5.76. The lowest BCUT2D eigenvalue weighted by atomic mass is 9.68. The summed E-state index contributed by atoms with van der Waals surface area (Å²) in [4.78, 5) is 49.3. The minimum Gasteiger partial charge on any atom is -0.426 e. The third-order valence-electron chi connectivity index (χ3n) is 26.8. The topological polar surface area (TPSA) is 105 Å². The lowest BCUT2D eigenvalue weighted by Crippen LogP contribution is -2.30. The van der Waals surface area contributed by atoms with E-state index in [1.807, 2.05) is 0 Å². The Morgan fingerprint density at radius 2 is 0.436 bits per heavy atom. The predicted octanol–water partition coefficient (Wildman–Crippen LogP) is 26.5. The van der Waals surface area contributed by atoms with Gasteiger partial charge in [-0.25, -0.2) is 52.7 Å². The summed E-state index contributed by atoms with van der Waals surface area (Å²) in [6.07, 6.45) is 48.5. The largest absolute Gasteiger partial charge is 0.426 e. The van der Waals surface area contributed by atoms with Crippen LogP contribution in [-0.2, 0) is 19.2 Å². The molecule has 0 aliphatic heterocycles. The fraction of sp³-hybridized carbons (Fsp3) is 0.689. The molecule has 8 saturated carbocycles. The lowest BCUT2D eigenvalue weighted by Gasteiger charge is -2.37. The van der Waals surface area contributed by atoms with E-state index < -0.39 is 93.7 Å². The molecule has 0 radical (unpaired) electrons. The SMILES string of the molecule is CCC1CCC(C2CCC(C(=O)Oc3cc(F)c(F)c(F)c3)CC2)CC1.CCCC1CCC(C2CCC(C(=O)Oc3cc(F)c(F)c(F)c3)CC2)CC1.CCCCC1CCC(C2CCC(C(=O)Oc3cc(F)c(F)c(F)c3)CC2)CC1.CCCCCC1CCC(C2CCC(C(=O)Oc3cc(F)c(F)c(F)c3)CC2)CC1. The minimum absolute atomic E-state index is 0.241. The molecular weight excluding hydrogens is 1440 g/mol. The molecule has 12 rings (SSSR count). The quantitative estimate of drug-likeness (QED) is 0.0252. The van der Waals surface area contributed by atoms with Crippen LogP contribution in [0.25, 0.3) is 0 Å². The molecule has 8 nitrogen and oxygen atoms in total. The second-order valence-electron chi connectivity index (χ2n) is 33.9. The molecule has 110 heavy (non-hydrogen) atoms. The molecule has 0 N–H and O–H groups in total. The van der Waals surface area contributed by atoms with Crippen molar-refractivity contribution in [1.29, 1.82) is 0 Å². The zero-order valence-corrected chi connectivity index (χ0v) is 65.4. The highest BCUT2D eigenvalue weighted by Crippen LogP contribution is 2.48. The summed E-state index contributed by atoms with van der Waals surface area (Å²) in [5.41, 5.74) is 0. The van der Waals surface area contributed by atoms with Gasteiger partial charge in [0, 0.05) is 48.5 Å². The Balaban J connectivity index is 0.000000169. The smallest absolute Gasteiger partial charge is 0.314 e. The number of rotatable bonds is 22. The van der Waals surface area contributed by atoms with Gasteiger partial charge in [-0.2, -0.15) is 0 Å². The van der Waals surface area contributed by atoms with Crippen molar-refractivity contribution in [2.24, 2.45) is 94.7 Å². The second kappa shape index (κ2) is 44.0. The van der Waals surface area contributed by atoms with Crippen LogP contribution in [0.2, 0.25) is 0 Å². The van der Waals surface area contributed by atoms with Gasteiger partial charge in [0.15, 0.2) is 69.8 Å². The van der Waals surface area contributed by atoms with E-state index in [-0.39, 0.29) is 46.7 Å². The first-order chi connectivity index (χ1) is 52.9. The molecule has 0 heterocycles. The van der Waals surface area contributed by atoms with E-state index in [4.69, 9.17) is 18.9 Å². The molecular formula is C90H120F12O8. The van der Waals surface area contributed by atoms with Crippen molar-refractivity contribution in [3.05, 3.63) is 118 Å². The number of ether oxygens (including phenoxy) is 4. The van der Waals surface area contributed by atoms with Crippen LogP contribution in [0, 0.1) is 164 Å². The van der Waals surface area contributed by atoms with Crippen molar-refractivity contribution in [3.63, 3.8) is 0 Å². The van der Waals surface area contributed by atoms with Crippen LogP contribution in [0.3, 0.4) is 0 Å². The second-order valence-corrected chi connectivity index (χ2v) is 33.9. The zero-order valence-electron chi connectivity index (χ0n) is 65.4. The number of carbonyl (C=O) groups excluding carboxylic acids is 4. The van der Waals surface area contributed by atoms with Crippen molar-refractivity contribution in [2.75, 3.05) is 0 Å². The summed E-state index contributed by atoms with van der Waals surface area (Å²) in [5, 5.41) is 0. The number of esters is 4. The Morgan fingerprint density at radius 1 is 0.245 bits per heavy atom. The summed E-state index contributed by atoms with van der Waals surface area (Å²) < 4.78 is 179. The maximum Gasteiger partial charge on any atom is 0.314 e. The molecule has 8 fully saturated rings. The maximum absolute atomic E-state index is 13.3. The van der Waals surface area contributed by atoms with Crippen molar-refractivity contribution in [3.8, 4) is 23.0 Å². The van der Waals surface area contributed by atoms with E-state index in [9.17, 15) is 71.9 Å². The van der Waals surface area contributed by atoms with Gasteiger partial charge in [-0.15, -0.1) is 0 Å². The van der Waals surface area contributed by atoms with Gasteiger partial charge in [0.05, 0.1) is 23.7 Å². The molecule has 0 atom stereocenters. The first kappa shape index (κ1) is 87.9. The zero-order chi connectivity index (χ0) is 79.0. The monoisotopic (exact) mass is 1560 g/mol. The predicted molar refractivity (Wildman–Crippen MR) is 400 cm³/mol. The summed E-state index contributed by atoms with van der Waals surface area (Å²) in [5.74, 6) is -11.5. The Hall–Kier alpha value is -6.08. The third kappa shape index (κ3) is 26.0. The van der Waals surface area contributed by atoms with E-state index in [1.54, 1.807) is 0 Å². The van der Waals surface area contributed by atoms with Crippen LogP contribution in [0.15, 0.2) is 48.5 Å². The van der Waals surface area contributed by atoms with Crippen LogP contribution >= 0.6 is 0 Å². The first-order valence-electron chi connectivity index (χ1n) is 42.3. The van der Waals surface area contributed by atoms with Crippen molar-refractivity contribution in [2.45, 2.75) is 297 Å². The summed E-state index contributed by atoms with van der Waals surface area (Å²) in [6.45, 7) is 9.01. The van der Waals surface area contributed by atoms with Gasteiger partial charge >= 0.3 is 23.9 Å². The molecule has 8 aliphatic carbocycles. The van der Waals surface area contributed by atoms with Crippen molar-refractivity contribution < 1.29 is 90.8 Å². The molecule has 0 amide bonds. The maximum atomic E-state index is 13.3. The number of halogens is 12. The number of benzene rings is 4. The van der Waals surface area contributed by atoms with Crippen LogP contribution in [0.4, 0.5) is 52.7 Å². The van der Waals surface area contributed by atoms with Crippen LogP contribution in [-0.4, -0.2) is 23.9 Å². The third-order valence-corrected chi connectivity index (χ3v) is 26.8. The highest BCUT2D eigenvalue weighted by atomic mass is 19.2. The minimum atomic E-state index is -1.55. The normalized spacial score (nSPS) is 28.4. The molecule has 0 unspecified atom stereocenters. The van der Waals surface area contributed by atoms with Crippen LogP contribution in [0.1, 0.15) is 297 Å². The van der Waals surface area contributed by atoms with E-state index in [2.05, 4.69) is 27.7 Å². The highest BCUT2D eigenvalue weighted by Gasteiger charge is 2.39. The van der Waals surface area contributed by atoms with Gasteiger partial charge in [-0.05, 0) is 225 Å². The van der Waals surface area contributed by atoms with Crippen molar-refractivity contribution in [1.82, 2.24) is 0 Å².